The van der Waals surface area contributed by atoms with Crippen molar-refractivity contribution in [2.24, 2.45) is 0 Å². The Bertz CT molecular complexity index is 1090. The number of pyridine rings is 1. The van der Waals surface area contributed by atoms with Crippen LogP contribution < -0.4 is 11.1 Å². The molecule has 0 saturated heterocycles. The van der Waals surface area contributed by atoms with Crippen molar-refractivity contribution in [3.05, 3.63) is 51.8 Å². The summed E-state index contributed by atoms with van der Waals surface area (Å²) in [6.07, 6.45) is -2.46. The normalized spacial score (nSPS) is 14.1. The van der Waals surface area contributed by atoms with Gasteiger partial charge in [0.25, 0.3) is 5.91 Å². The zero-order chi connectivity index (χ0) is 20.1. The predicted molar refractivity (Wildman–Crippen MR) is 100 cm³/mol. The van der Waals surface area contributed by atoms with E-state index in [1.165, 1.54) is 18.2 Å². The third kappa shape index (κ3) is 3.09. The van der Waals surface area contributed by atoms with Crippen molar-refractivity contribution in [3.63, 3.8) is 0 Å². The monoisotopic (exact) mass is 409 g/mol. The highest BCUT2D eigenvalue weighted by molar-refractivity contribution is 7.21. The summed E-state index contributed by atoms with van der Waals surface area (Å²) < 4.78 is 54.3. The van der Waals surface area contributed by atoms with E-state index < -0.39 is 23.6 Å². The summed E-state index contributed by atoms with van der Waals surface area (Å²) in [6, 6.07) is 5.62. The summed E-state index contributed by atoms with van der Waals surface area (Å²) in [5, 5.41) is 2.83. The molecule has 4 rings (SSSR count). The second-order valence-corrected chi connectivity index (χ2v) is 7.58. The first-order valence-corrected chi connectivity index (χ1v) is 9.46. The molecule has 0 radical (unpaired) electrons. The van der Waals surface area contributed by atoms with Gasteiger partial charge in [0.05, 0.1) is 11.4 Å². The molecular weight excluding hydrogens is 394 g/mol. The maximum Gasteiger partial charge on any atom is 0.433 e. The van der Waals surface area contributed by atoms with Crippen LogP contribution in [0.4, 0.5) is 28.9 Å². The number of benzene rings is 1. The summed E-state index contributed by atoms with van der Waals surface area (Å²) in [4.78, 5) is 16.5. The Kier molecular flexibility index (Phi) is 4.49. The number of hydrogen-bond acceptors (Lipinski definition) is 4. The lowest BCUT2D eigenvalue weighted by Crippen LogP contribution is -2.17. The molecule has 2 heterocycles. The highest BCUT2D eigenvalue weighted by Gasteiger charge is 2.38. The number of alkyl halides is 3. The Morgan fingerprint density at radius 1 is 1.14 bits per heavy atom. The summed E-state index contributed by atoms with van der Waals surface area (Å²) in [5.41, 5.74) is 5.98. The number of nitrogens with two attached hydrogens (primary N) is 1. The number of fused-ring (bicyclic) bond motifs is 3. The maximum atomic E-state index is 13.8. The molecule has 2 aromatic heterocycles. The van der Waals surface area contributed by atoms with Crippen LogP contribution in [0.25, 0.3) is 10.2 Å². The number of carbonyl (C=O) groups excluding carboxylic acids is 1. The standard InChI is InChI=1S/C19H15F4N3OS/c20-11-7-3-4-8-12(11)25-17(27)15-14(24)13-9-5-1-2-6-10(9)16(19(21,22)23)26-18(13)28-15/h3-4,7-8H,1-2,5-6,24H2,(H,25,27). The molecule has 0 saturated carbocycles. The number of nitrogens with one attached hydrogen (secondary N) is 1. The van der Waals surface area contributed by atoms with Crippen LogP contribution >= 0.6 is 11.3 Å². The number of para-hydroxylation sites is 1. The Balaban J connectivity index is 1.84. The van der Waals surface area contributed by atoms with Crippen molar-refractivity contribution in [1.82, 2.24) is 4.98 Å². The molecule has 1 aromatic carbocycles. The maximum absolute atomic E-state index is 13.8. The smallest absolute Gasteiger partial charge is 0.397 e. The molecule has 28 heavy (non-hydrogen) atoms. The van der Waals surface area contributed by atoms with E-state index in [1.54, 1.807) is 6.07 Å². The minimum absolute atomic E-state index is 0.0258. The van der Waals surface area contributed by atoms with E-state index in [0.717, 1.165) is 17.8 Å². The molecular formula is C19H15F4N3OS. The molecule has 1 aliphatic carbocycles. The van der Waals surface area contributed by atoms with Crippen molar-refractivity contribution >= 4 is 38.8 Å². The molecule has 0 bridgehead atoms. The van der Waals surface area contributed by atoms with Gasteiger partial charge in [0.1, 0.15) is 21.2 Å². The molecule has 0 unspecified atom stereocenters. The number of hydrogen-bond donors (Lipinski definition) is 2. The first-order chi connectivity index (χ1) is 13.3. The predicted octanol–water partition coefficient (Wildman–Crippen LogP) is 5.17. The molecule has 3 N–H and O–H groups in total. The Morgan fingerprint density at radius 3 is 2.50 bits per heavy atom. The van der Waals surface area contributed by atoms with E-state index >= 15 is 0 Å². The van der Waals surface area contributed by atoms with Gasteiger partial charge in [-0.3, -0.25) is 4.79 Å². The van der Waals surface area contributed by atoms with Gasteiger partial charge in [-0.15, -0.1) is 11.3 Å². The Morgan fingerprint density at radius 2 is 1.82 bits per heavy atom. The SMILES string of the molecule is Nc1c(C(=O)Nc2ccccc2F)sc2nc(C(F)(F)F)c3c(c12)CCCC3. The number of aromatic nitrogens is 1. The van der Waals surface area contributed by atoms with E-state index in [1.807, 2.05) is 0 Å². The molecule has 4 nitrogen and oxygen atoms in total. The van der Waals surface area contributed by atoms with Gasteiger partial charge in [0.2, 0.25) is 0 Å². The Hall–Kier alpha value is -2.68. The number of rotatable bonds is 2. The summed E-state index contributed by atoms with van der Waals surface area (Å²) >= 11 is 0.790. The minimum atomic E-state index is -4.58. The van der Waals surface area contributed by atoms with E-state index in [2.05, 4.69) is 10.3 Å². The van der Waals surface area contributed by atoms with Crippen LogP contribution in [0.3, 0.4) is 0 Å². The number of nitrogens with zero attached hydrogens (tertiary/aromatic N) is 1. The first-order valence-electron chi connectivity index (χ1n) is 8.64. The molecule has 146 valence electrons. The largest absolute Gasteiger partial charge is 0.433 e. The minimum Gasteiger partial charge on any atom is -0.397 e. The number of thiophene rings is 1. The molecule has 1 amide bonds. The lowest BCUT2D eigenvalue weighted by molar-refractivity contribution is -0.141. The lowest BCUT2D eigenvalue weighted by Gasteiger charge is -2.21. The average molecular weight is 409 g/mol. The topological polar surface area (TPSA) is 68.0 Å². The third-order valence-electron chi connectivity index (χ3n) is 4.79. The van der Waals surface area contributed by atoms with Gasteiger partial charge in [-0.05, 0) is 48.9 Å². The van der Waals surface area contributed by atoms with Gasteiger partial charge in [-0.25, -0.2) is 9.37 Å². The second-order valence-electron chi connectivity index (χ2n) is 6.58. The molecule has 1 aliphatic rings. The number of amides is 1. The fraction of sp³-hybridized carbons (Fsp3) is 0.263. The van der Waals surface area contributed by atoms with Gasteiger partial charge >= 0.3 is 6.18 Å². The van der Waals surface area contributed by atoms with E-state index in [-0.39, 0.29) is 33.1 Å². The van der Waals surface area contributed by atoms with Crippen molar-refractivity contribution < 1.29 is 22.4 Å². The van der Waals surface area contributed by atoms with Gasteiger partial charge in [0.15, 0.2) is 0 Å². The second kappa shape index (κ2) is 6.73. The van der Waals surface area contributed by atoms with Gasteiger partial charge in [-0.2, -0.15) is 13.2 Å². The molecule has 9 heteroatoms. The fourth-order valence-electron chi connectivity index (χ4n) is 3.56. The van der Waals surface area contributed by atoms with Crippen molar-refractivity contribution in [2.45, 2.75) is 31.9 Å². The quantitative estimate of drug-likeness (QED) is 0.574. The van der Waals surface area contributed by atoms with Crippen LogP contribution in [0.2, 0.25) is 0 Å². The molecule has 3 aromatic rings. The highest BCUT2D eigenvalue weighted by atomic mass is 32.1. The first kappa shape index (κ1) is 18.7. The Labute approximate surface area is 161 Å². The highest BCUT2D eigenvalue weighted by Crippen LogP contribution is 2.43. The lowest BCUT2D eigenvalue weighted by atomic mass is 9.88. The van der Waals surface area contributed by atoms with E-state index in [9.17, 15) is 22.4 Å². The van der Waals surface area contributed by atoms with E-state index in [4.69, 9.17) is 5.73 Å². The van der Waals surface area contributed by atoms with Crippen LogP contribution in [0.5, 0.6) is 0 Å². The number of aryl methyl sites for hydroxylation is 1. The molecule has 0 aliphatic heterocycles. The molecule has 0 spiro atoms. The van der Waals surface area contributed by atoms with Gasteiger partial charge < -0.3 is 11.1 Å². The van der Waals surface area contributed by atoms with Crippen molar-refractivity contribution in [1.29, 1.82) is 0 Å². The van der Waals surface area contributed by atoms with Crippen LogP contribution in [-0.2, 0) is 19.0 Å². The van der Waals surface area contributed by atoms with Crippen LogP contribution in [0.1, 0.15) is 39.3 Å². The molecule has 0 fully saturated rings. The molecule has 0 atom stereocenters. The number of halogens is 4. The average Bonchev–Trinajstić information content (AvgIpc) is 2.99. The van der Waals surface area contributed by atoms with Crippen LogP contribution in [0.15, 0.2) is 24.3 Å². The van der Waals surface area contributed by atoms with Crippen molar-refractivity contribution in [2.75, 3.05) is 11.1 Å². The third-order valence-corrected chi connectivity index (χ3v) is 5.89. The summed E-state index contributed by atoms with van der Waals surface area (Å²) in [5.74, 6) is -1.30. The summed E-state index contributed by atoms with van der Waals surface area (Å²) in [7, 11) is 0. The van der Waals surface area contributed by atoms with E-state index in [0.29, 0.717) is 23.8 Å². The fourth-order valence-corrected chi connectivity index (χ4v) is 4.58. The number of nitrogen functional groups attached to an aromatic ring is 1. The zero-order valence-electron chi connectivity index (χ0n) is 14.5. The number of anilines is 2. The van der Waals surface area contributed by atoms with Crippen LogP contribution in [0, 0.1) is 5.82 Å². The van der Waals surface area contributed by atoms with Crippen LogP contribution in [-0.4, -0.2) is 10.9 Å². The zero-order valence-corrected chi connectivity index (χ0v) is 15.3. The van der Waals surface area contributed by atoms with Gasteiger partial charge in [0, 0.05) is 5.39 Å². The number of carbonyl (C=O) groups is 1. The van der Waals surface area contributed by atoms with Gasteiger partial charge in [-0.1, -0.05) is 12.1 Å². The van der Waals surface area contributed by atoms with Crippen molar-refractivity contribution in [3.8, 4) is 0 Å². The summed E-state index contributed by atoms with van der Waals surface area (Å²) in [6.45, 7) is 0.